The largest absolute Gasteiger partial charge is 0.357 e. The molecule has 0 aliphatic rings. The molecule has 2 rings (SSSR count). The third kappa shape index (κ3) is 5.53. The second-order valence-electron chi connectivity index (χ2n) is 5.49. The maximum absolute atomic E-state index is 13.7. The number of halogens is 2. The number of aromatic nitrogens is 1. The first-order valence-corrected chi connectivity index (χ1v) is 7.33. The van der Waals surface area contributed by atoms with Crippen molar-refractivity contribution in [3.05, 3.63) is 59.2 Å². The highest BCUT2D eigenvalue weighted by Gasteiger charge is 2.09. The third-order valence-electron chi connectivity index (χ3n) is 3.63. The molecule has 1 aromatic heterocycles. The quantitative estimate of drug-likeness (QED) is 0.443. The zero-order valence-corrected chi connectivity index (χ0v) is 16.3. The van der Waals surface area contributed by atoms with Crippen molar-refractivity contribution in [3.63, 3.8) is 0 Å². The van der Waals surface area contributed by atoms with Crippen LogP contribution in [0.15, 0.2) is 41.7 Å². The van der Waals surface area contributed by atoms with Crippen LogP contribution < -0.4 is 10.6 Å². The fraction of sp³-hybridized carbons (Fsp3) is 0.353. The lowest BCUT2D eigenvalue weighted by Gasteiger charge is -2.18. The molecule has 0 bridgehead atoms. The van der Waals surface area contributed by atoms with Gasteiger partial charge in [0.25, 0.3) is 0 Å². The Bertz CT molecular complexity index is 666. The molecule has 0 saturated heterocycles. The lowest BCUT2D eigenvalue weighted by molar-refractivity contribution is 0.607. The second-order valence-corrected chi connectivity index (χ2v) is 5.49. The summed E-state index contributed by atoms with van der Waals surface area (Å²) in [5.74, 6) is 0.510. The van der Waals surface area contributed by atoms with Crippen LogP contribution in [0.1, 0.15) is 29.7 Å². The Balaban J connectivity index is 0.00000264. The fourth-order valence-electron chi connectivity index (χ4n) is 2.21. The first-order valence-electron chi connectivity index (χ1n) is 7.33. The molecule has 0 amide bonds. The zero-order valence-electron chi connectivity index (χ0n) is 13.9. The molecule has 0 radical (unpaired) electrons. The minimum atomic E-state index is -0.182. The van der Waals surface area contributed by atoms with Crippen LogP contribution in [0.3, 0.4) is 0 Å². The van der Waals surface area contributed by atoms with Crippen molar-refractivity contribution in [2.24, 2.45) is 12.0 Å². The third-order valence-corrected chi connectivity index (χ3v) is 3.63. The van der Waals surface area contributed by atoms with Crippen LogP contribution in [0.25, 0.3) is 0 Å². The number of benzene rings is 1. The monoisotopic (exact) mass is 430 g/mol. The number of hydrogen-bond acceptors (Lipinski definition) is 1. The van der Waals surface area contributed by atoms with E-state index in [0.717, 1.165) is 5.56 Å². The number of nitrogens with one attached hydrogen (secondary N) is 2. The highest BCUT2D eigenvalue weighted by atomic mass is 127. The van der Waals surface area contributed by atoms with Crippen LogP contribution in [-0.4, -0.2) is 17.6 Å². The van der Waals surface area contributed by atoms with Gasteiger partial charge in [-0.1, -0.05) is 12.1 Å². The predicted octanol–water partition coefficient (Wildman–Crippen LogP) is 3.52. The summed E-state index contributed by atoms with van der Waals surface area (Å²) in [5.41, 5.74) is 2.73. The molecule has 0 aliphatic heterocycles. The molecule has 2 aromatic rings. The molecule has 1 unspecified atom stereocenters. The topological polar surface area (TPSA) is 41.4 Å². The van der Waals surface area contributed by atoms with Gasteiger partial charge in [0.1, 0.15) is 5.82 Å². The number of aliphatic imine (C=N–C) groups is 1. The molecule has 1 atom stereocenters. The molecular formula is C17H24FIN4. The summed E-state index contributed by atoms with van der Waals surface area (Å²) < 4.78 is 15.7. The lowest BCUT2D eigenvalue weighted by atomic mass is 10.1. The SMILES string of the molecule is CN=C(NCc1ccn(C)c1)NC(C)c1ccc(C)c(F)c1.I. The van der Waals surface area contributed by atoms with E-state index >= 15 is 0 Å². The van der Waals surface area contributed by atoms with Gasteiger partial charge in [0.15, 0.2) is 5.96 Å². The number of rotatable bonds is 4. The van der Waals surface area contributed by atoms with E-state index in [9.17, 15) is 4.39 Å². The lowest BCUT2D eigenvalue weighted by Crippen LogP contribution is -2.38. The van der Waals surface area contributed by atoms with Gasteiger partial charge < -0.3 is 15.2 Å². The van der Waals surface area contributed by atoms with Gasteiger partial charge in [-0.25, -0.2) is 4.39 Å². The Labute approximate surface area is 154 Å². The Morgan fingerprint density at radius 3 is 2.65 bits per heavy atom. The van der Waals surface area contributed by atoms with Crippen LogP contribution >= 0.6 is 24.0 Å². The van der Waals surface area contributed by atoms with Gasteiger partial charge in [0, 0.05) is 33.0 Å². The smallest absolute Gasteiger partial charge is 0.191 e. The van der Waals surface area contributed by atoms with Crippen molar-refractivity contribution in [2.45, 2.75) is 26.4 Å². The summed E-state index contributed by atoms with van der Waals surface area (Å²) in [4.78, 5) is 4.21. The first kappa shape index (κ1) is 19.5. The van der Waals surface area contributed by atoms with Crippen LogP contribution in [0, 0.1) is 12.7 Å². The van der Waals surface area contributed by atoms with E-state index in [0.29, 0.717) is 18.1 Å². The van der Waals surface area contributed by atoms with Crippen molar-refractivity contribution >= 4 is 29.9 Å². The van der Waals surface area contributed by atoms with E-state index < -0.39 is 0 Å². The number of hydrogen-bond donors (Lipinski definition) is 2. The first-order chi connectivity index (χ1) is 10.5. The zero-order chi connectivity index (χ0) is 16.1. The molecular weight excluding hydrogens is 406 g/mol. The second kappa shape index (κ2) is 8.90. The van der Waals surface area contributed by atoms with Crippen molar-refractivity contribution in [1.82, 2.24) is 15.2 Å². The van der Waals surface area contributed by atoms with Gasteiger partial charge in [0.05, 0.1) is 6.04 Å². The molecule has 0 aliphatic carbocycles. The number of nitrogens with zero attached hydrogens (tertiary/aromatic N) is 2. The van der Waals surface area contributed by atoms with Gasteiger partial charge in [-0.05, 0) is 42.7 Å². The molecule has 1 heterocycles. The molecule has 126 valence electrons. The van der Waals surface area contributed by atoms with E-state index in [1.807, 2.05) is 30.8 Å². The Kier molecular flexibility index (Phi) is 7.54. The van der Waals surface area contributed by atoms with Crippen LogP contribution in [0.4, 0.5) is 4.39 Å². The standard InChI is InChI=1S/C17H23FN4.HI/c1-12-5-6-15(9-16(12)18)13(2)21-17(19-3)20-10-14-7-8-22(4)11-14;/h5-9,11,13H,10H2,1-4H3,(H2,19,20,21);1H. The van der Waals surface area contributed by atoms with Crippen LogP contribution in [0.2, 0.25) is 0 Å². The highest BCUT2D eigenvalue weighted by Crippen LogP contribution is 2.16. The van der Waals surface area contributed by atoms with Crippen molar-refractivity contribution in [3.8, 4) is 0 Å². The Morgan fingerprint density at radius 2 is 2.09 bits per heavy atom. The van der Waals surface area contributed by atoms with Crippen LogP contribution in [-0.2, 0) is 13.6 Å². The minimum absolute atomic E-state index is 0. The Hall–Kier alpha value is -1.57. The van der Waals surface area contributed by atoms with Crippen LogP contribution in [0.5, 0.6) is 0 Å². The summed E-state index contributed by atoms with van der Waals surface area (Å²) >= 11 is 0. The molecule has 0 fully saturated rings. The van der Waals surface area contributed by atoms with Crippen molar-refractivity contribution in [2.75, 3.05) is 7.05 Å². The highest BCUT2D eigenvalue weighted by molar-refractivity contribution is 14.0. The van der Waals surface area contributed by atoms with Gasteiger partial charge >= 0.3 is 0 Å². The normalized spacial score (nSPS) is 12.5. The van der Waals surface area contributed by atoms with E-state index in [1.54, 1.807) is 26.1 Å². The molecule has 6 heteroatoms. The summed E-state index contributed by atoms with van der Waals surface area (Å²) in [6.07, 6.45) is 4.06. The van der Waals surface area contributed by atoms with E-state index in [2.05, 4.69) is 27.9 Å². The summed E-state index contributed by atoms with van der Waals surface area (Å²) in [6, 6.07) is 7.32. The predicted molar refractivity (Wildman–Crippen MR) is 104 cm³/mol. The number of aryl methyl sites for hydroxylation is 2. The van der Waals surface area contributed by atoms with E-state index in [1.165, 1.54) is 5.56 Å². The minimum Gasteiger partial charge on any atom is -0.357 e. The van der Waals surface area contributed by atoms with Gasteiger partial charge in [-0.3, -0.25) is 4.99 Å². The molecule has 4 nitrogen and oxygen atoms in total. The Morgan fingerprint density at radius 1 is 1.35 bits per heavy atom. The van der Waals surface area contributed by atoms with Crippen molar-refractivity contribution in [1.29, 1.82) is 0 Å². The average molecular weight is 430 g/mol. The number of guanidine groups is 1. The maximum atomic E-state index is 13.7. The molecule has 2 N–H and O–H groups in total. The van der Waals surface area contributed by atoms with E-state index in [-0.39, 0.29) is 35.8 Å². The maximum Gasteiger partial charge on any atom is 0.191 e. The summed E-state index contributed by atoms with van der Waals surface area (Å²) in [7, 11) is 3.72. The average Bonchev–Trinajstić information content (AvgIpc) is 2.91. The molecule has 0 saturated carbocycles. The fourth-order valence-corrected chi connectivity index (χ4v) is 2.21. The summed E-state index contributed by atoms with van der Waals surface area (Å²) in [5, 5.41) is 6.53. The molecule has 0 spiro atoms. The van der Waals surface area contributed by atoms with Gasteiger partial charge in [-0.15, -0.1) is 24.0 Å². The van der Waals surface area contributed by atoms with Crippen molar-refractivity contribution < 1.29 is 4.39 Å². The molecule has 23 heavy (non-hydrogen) atoms. The molecule has 1 aromatic carbocycles. The summed E-state index contributed by atoms with van der Waals surface area (Å²) in [6.45, 7) is 4.44. The van der Waals surface area contributed by atoms with E-state index in [4.69, 9.17) is 0 Å². The van der Waals surface area contributed by atoms with Gasteiger partial charge in [0.2, 0.25) is 0 Å². The van der Waals surface area contributed by atoms with Gasteiger partial charge in [-0.2, -0.15) is 0 Å².